The van der Waals surface area contributed by atoms with Crippen molar-refractivity contribution in [3.8, 4) is 0 Å². The summed E-state index contributed by atoms with van der Waals surface area (Å²) in [7, 11) is 1.71. The van der Waals surface area contributed by atoms with Gasteiger partial charge in [-0.3, -0.25) is 4.79 Å². The van der Waals surface area contributed by atoms with Gasteiger partial charge in [0, 0.05) is 6.42 Å². The maximum atomic E-state index is 12.3. The number of likely N-dealkylation sites (N-methyl/N-ethyl adjacent to an activating group) is 1. The molecule has 1 rings (SSSR count). The van der Waals surface area contributed by atoms with Gasteiger partial charge in [-0.1, -0.05) is 51.1 Å². The topological polar surface area (TPSA) is 78.4 Å². The highest BCUT2D eigenvalue weighted by molar-refractivity contribution is 5.87. The van der Waals surface area contributed by atoms with Gasteiger partial charge in [0.1, 0.15) is 6.04 Å². The molecule has 5 heteroatoms. The van der Waals surface area contributed by atoms with Gasteiger partial charge in [0.15, 0.2) is 0 Å². The van der Waals surface area contributed by atoms with Crippen molar-refractivity contribution >= 4 is 11.9 Å². The third-order valence-corrected chi connectivity index (χ3v) is 3.38. The van der Waals surface area contributed by atoms with E-state index in [9.17, 15) is 14.7 Å². The molecule has 1 aromatic carbocycles. The molecule has 0 aliphatic rings. The zero-order valence-electron chi connectivity index (χ0n) is 13.7. The summed E-state index contributed by atoms with van der Waals surface area (Å²) in [5.74, 6) is -1.30. The van der Waals surface area contributed by atoms with E-state index in [1.54, 1.807) is 7.05 Å². The molecule has 122 valence electrons. The van der Waals surface area contributed by atoms with E-state index >= 15 is 0 Å². The fraction of sp³-hybridized carbons (Fsp3) is 0.529. The van der Waals surface area contributed by atoms with Gasteiger partial charge >= 0.3 is 5.97 Å². The fourth-order valence-corrected chi connectivity index (χ4v) is 2.26. The number of benzene rings is 1. The van der Waals surface area contributed by atoms with Crippen LogP contribution in [0.3, 0.4) is 0 Å². The minimum absolute atomic E-state index is 0.0246. The summed E-state index contributed by atoms with van der Waals surface area (Å²) >= 11 is 0. The van der Waals surface area contributed by atoms with E-state index in [2.05, 4.69) is 10.6 Å². The van der Waals surface area contributed by atoms with Gasteiger partial charge < -0.3 is 15.7 Å². The molecule has 0 aliphatic carbocycles. The highest BCUT2D eigenvalue weighted by Gasteiger charge is 2.27. The second kappa shape index (κ2) is 7.94. The molecule has 0 heterocycles. The van der Waals surface area contributed by atoms with Crippen LogP contribution in [0, 0.1) is 5.41 Å². The molecule has 0 saturated carbocycles. The molecule has 0 aromatic heterocycles. The van der Waals surface area contributed by atoms with Gasteiger partial charge in [-0.2, -0.15) is 0 Å². The number of carboxylic acid groups (broad SMARTS) is 1. The molecule has 1 aromatic rings. The molecular formula is C17H26N2O3. The number of carbonyl (C=O) groups is 2. The predicted octanol–water partition coefficient (Wildman–Crippen LogP) is 1.82. The number of carbonyl (C=O) groups excluding carboxylic acids is 1. The first kappa shape index (κ1) is 18.2. The Morgan fingerprint density at radius 1 is 1.14 bits per heavy atom. The lowest BCUT2D eigenvalue weighted by Gasteiger charge is -2.26. The second-order valence-electron chi connectivity index (χ2n) is 6.70. The Morgan fingerprint density at radius 3 is 2.18 bits per heavy atom. The number of carboxylic acids is 1. The minimum atomic E-state index is -1.03. The first-order valence-corrected chi connectivity index (χ1v) is 7.47. The van der Waals surface area contributed by atoms with E-state index < -0.39 is 18.1 Å². The van der Waals surface area contributed by atoms with Crippen LogP contribution in [0.15, 0.2) is 30.3 Å². The Morgan fingerprint density at radius 2 is 1.73 bits per heavy atom. The smallest absolute Gasteiger partial charge is 0.326 e. The molecule has 0 spiro atoms. The van der Waals surface area contributed by atoms with Crippen molar-refractivity contribution in [2.24, 2.45) is 5.41 Å². The Hall–Kier alpha value is -1.88. The first-order chi connectivity index (χ1) is 10.2. The van der Waals surface area contributed by atoms with Crippen molar-refractivity contribution in [1.82, 2.24) is 10.6 Å². The summed E-state index contributed by atoms with van der Waals surface area (Å²) in [6, 6.07) is 7.96. The molecule has 3 N–H and O–H groups in total. The van der Waals surface area contributed by atoms with Crippen LogP contribution in [-0.2, 0) is 16.0 Å². The van der Waals surface area contributed by atoms with Crippen LogP contribution >= 0.6 is 0 Å². The van der Waals surface area contributed by atoms with E-state index in [0.29, 0.717) is 6.42 Å². The van der Waals surface area contributed by atoms with Crippen LogP contribution < -0.4 is 10.6 Å². The molecule has 0 aliphatic heterocycles. The average Bonchev–Trinajstić information content (AvgIpc) is 2.44. The number of rotatable bonds is 7. The second-order valence-corrected chi connectivity index (χ2v) is 6.70. The monoisotopic (exact) mass is 306 g/mol. The van der Waals surface area contributed by atoms with Crippen LogP contribution in [0.4, 0.5) is 0 Å². The molecule has 5 nitrogen and oxygen atoms in total. The van der Waals surface area contributed by atoms with Crippen molar-refractivity contribution in [1.29, 1.82) is 0 Å². The quantitative estimate of drug-likeness (QED) is 0.718. The molecule has 22 heavy (non-hydrogen) atoms. The number of amides is 1. The Balaban J connectivity index is 2.73. The average molecular weight is 306 g/mol. The van der Waals surface area contributed by atoms with Crippen molar-refractivity contribution in [2.75, 3.05) is 7.05 Å². The number of hydrogen-bond donors (Lipinski definition) is 3. The lowest BCUT2D eigenvalue weighted by Crippen LogP contribution is -2.51. The zero-order valence-corrected chi connectivity index (χ0v) is 13.7. The molecule has 1 amide bonds. The normalized spacial score (nSPS) is 14.2. The lowest BCUT2D eigenvalue weighted by atomic mass is 9.87. The van der Waals surface area contributed by atoms with Gasteiger partial charge in [-0.25, -0.2) is 4.79 Å². The number of nitrogens with one attached hydrogen (secondary N) is 2. The van der Waals surface area contributed by atoms with Crippen LogP contribution in [-0.4, -0.2) is 36.1 Å². The largest absolute Gasteiger partial charge is 0.480 e. The van der Waals surface area contributed by atoms with Gasteiger partial charge in [-0.05, 0) is 24.4 Å². The van der Waals surface area contributed by atoms with Crippen LogP contribution in [0.1, 0.15) is 32.8 Å². The van der Waals surface area contributed by atoms with Crippen molar-refractivity contribution in [3.05, 3.63) is 35.9 Å². The third-order valence-electron chi connectivity index (χ3n) is 3.38. The summed E-state index contributed by atoms with van der Waals surface area (Å²) in [5, 5.41) is 14.9. The van der Waals surface area contributed by atoms with Crippen molar-refractivity contribution < 1.29 is 14.7 Å². The summed E-state index contributed by atoms with van der Waals surface area (Å²) in [6.07, 6.45) is 0.904. The van der Waals surface area contributed by atoms with Crippen molar-refractivity contribution in [2.45, 2.75) is 45.7 Å². The third kappa shape index (κ3) is 6.26. The van der Waals surface area contributed by atoms with Crippen LogP contribution in [0.2, 0.25) is 0 Å². The summed E-state index contributed by atoms with van der Waals surface area (Å²) < 4.78 is 0. The summed E-state index contributed by atoms with van der Waals surface area (Å²) in [5.41, 5.74) is 0.857. The first-order valence-electron chi connectivity index (χ1n) is 7.47. The van der Waals surface area contributed by atoms with E-state index in [1.165, 1.54) is 0 Å². The molecule has 0 fully saturated rings. The highest BCUT2D eigenvalue weighted by Crippen LogP contribution is 2.20. The van der Waals surface area contributed by atoms with Gasteiger partial charge in [-0.15, -0.1) is 0 Å². The van der Waals surface area contributed by atoms with E-state index in [4.69, 9.17) is 0 Å². The molecule has 0 bridgehead atoms. The number of hydrogen-bond acceptors (Lipinski definition) is 3. The van der Waals surface area contributed by atoms with Crippen LogP contribution in [0.5, 0.6) is 0 Å². The standard InChI is InChI=1S/C17H26N2O3/c1-17(2,3)11-14(18-4)15(20)19-13(16(21)22)10-12-8-6-5-7-9-12/h5-9,13-14,18H,10-11H2,1-4H3,(H,19,20)(H,21,22)/t13-,14?/m1/s1. The molecular weight excluding hydrogens is 280 g/mol. The zero-order chi connectivity index (χ0) is 16.8. The van der Waals surface area contributed by atoms with Crippen molar-refractivity contribution in [3.63, 3.8) is 0 Å². The maximum absolute atomic E-state index is 12.3. The van der Waals surface area contributed by atoms with E-state index in [1.807, 2.05) is 51.1 Å². The number of aliphatic carboxylic acids is 1. The van der Waals surface area contributed by atoms with Gasteiger partial charge in [0.05, 0.1) is 6.04 Å². The SMILES string of the molecule is CNC(CC(C)(C)C)C(=O)N[C@H](Cc1ccccc1)C(=O)O. The Bertz CT molecular complexity index is 494. The maximum Gasteiger partial charge on any atom is 0.326 e. The molecule has 2 atom stereocenters. The predicted molar refractivity (Wildman–Crippen MR) is 86.6 cm³/mol. The Kier molecular flexibility index (Phi) is 6.56. The molecule has 1 unspecified atom stereocenters. The van der Waals surface area contributed by atoms with Gasteiger partial charge in [0.2, 0.25) is 5.91 Å². The molecule has 0 saturated heterocycles. The lowest BCUT2D eigenvalue weighted by molar-refractivity contribution is -0.142. The van der Waals surface area contributed by atoms with E-state index in [0.717, 1.165) is 5.56 Å². The van der Waals surface area contributed by atoms with Crippen LogP contribution in [0.25, 0.3) is 0 Å². The fourth-order valence-electron chi connectivity index (χ4n) is 2.26. The Labute approximate surface area is 132 Å². The van der Waals surface area contributed by atoms with E-state index in [-0.39, 0.29) is 17.7 Å². The molecule has 0 radical (unpaired) electrons. The highest BCUT2D eigenvalue weighted by atomic mass is 16.4. The minimum Gasteiger partial charge on any atom is -0.480 e. The summed E-state index contributed by atoms with van der Waals surface area (Å²) in [4.78, 5) is 23.7. The van der Waals surface area contributed by atoms with Gasteiger partial charge in [0.25, 0.3) is 0 Å². The summed E-state index contributed by atoms with van der Waals surface area (Å²) in [6.45, 7) is 6.13.